The Morgan fingerprint density at radius 2 is 0.463 bits per heavy atom. The van der Waals surface area contributed by atoms with Crippen LogP contribution >= 0.6 is 0 Å². The molecule has 147 heavy (non-hydrogen) atoms. The van der Waals surface area contributed by atoms with Crippen molar-refractivity contribution in [3.63, 3.8) is 0 Å². The van der Waals surface area contributed by atoms with Gasteiger partial charge in [0.2, 0.25) is 0 Å². The van der Waals surface area contributed by atoms with E-state index in [4.69, 9.17) is 67.7 Å². The van der Waals surface area contributed by atoms with Gasteiger partial charge in [-0.3, -0.25) is 37.5 Å². The van der Waals surface area contributed by atoms with Gasteiger partial charge in [0.1, 0.15) is 94.3 Å². The van der Waals surface area contributed by atoms with E-state index in [0.29, 0.717) is 26.4 Å². The predicted octanol–water partition coefficient (Wildman–Crippen LogP) is 30.8. The molecule has 28 aromatic rings. The third-order valence-corrected chi connectivity index (χ3v) is 30.2. The number of aromatic nitrogens is 12. The topological polar surface area (TPSA) is 184 Å². The van der Waals surface area contributed by atoms with Gasteiger partial charge in [0.05, 0.1) is 50.3 Å². The number of ether oxygens (including phenoxy) is 4. The fourth-order valence-corrected chi connectivity index (χ4v) is 23.5. The van der Waals surface area contributed by atoms with Crippen LogP contribution in [0, 0.1) is 0 Å². The normalized spacial score (nSPS) is 12.6. The molecule has 0 saturated heterocycles. The van der Waals surface area contributed by atoms with Gasteiger partial charge in [-0.25, -0.2) is 19.9 Å². The van der Waals surface area contributed by atoms with Gasteiger partial charge < -0.3 is 27.8 Å². The van der Waals surface area contributed by atoms with E-state index >= 15 is 0 Å². The van der Waals surface area contributed by atoms with E-state index < -0.39 is 5.41 Å². The number of nitrogens with zero attached hydrogens (tertiary/aromatic N) is 12. The smallest absolute Gasteiger partial charge is 0.146 e. The maximum Gasteiger partial charge on any atom is 0.146 e. The summed E-state index contributed by atoms with van der Waals surface area (Å²) in [5, 5.41) is 16.2. The van der Waals surface area contributed by atoms with Gasteiger partial charge in [-0.2, -0.15) is 0 Å². The highest BCUT2D eigenvalue weighted by molar-refractivity contribution is 6.18. The lowest BCUT2D eigenvalue weighted by atomic mass is 9.69. The monoisotopic (exact) mass is 1890 g/mol. The summed E-state index contributed by atoms with van der Waals surface area (Å²) in [6, 6.07) is 106. The summed E-state index contributed by atoms with van der Waals surface area (Å²) in [5.74, 6) is 3.00. The van der Waals surface area contributed by atoms with Gasteiger partial charge in [-0.1, -0.05) is 160 Å². The van der Waals surface area contributed by atoms with Crippen LogP contribution in [0.25, 0.3) is 265 Å². The molecular formula is C129H80N12O6. The zero-order valence-corrected chi connectivity index (χ0v) is 78.9. The van der Waals surface area contributed by atoms with Crippen LogP contribution in [0.2, 0.25) is 0 Å². The van der Waals surface area contributed by atoms with E-state index in [9.17, 15) is 0 Å². The Labute approximate surface area is 837 Å². The van der Waals surface area contributed by atoms with Crippen LogP contribution < -0.4 is 18.9 Å². The lowest BCUT2D eigenvalue weighted by molar-refractivity contribution is 0.363. The molecule has 0 amide bonds. The third kappa shape index (κ3) is 12.7. The first-order valence-electron chi connectivity index (χ1n) is 49.0. The van der Waals surface area contributed by atoms with Crippen molar-refractivity contribution >= 4 is 153 Å². The first kappa shape index (κ1) is 83.1. The zero-order chi connectivity index (χ0) is 97.1. The number of fused-ring (bicyclic) bond motifs is 40. The highest BCUT2D eigenvalue weighted by Gasteiger charge is 2.53. The molecule has 18 nitrogen and oxygen atoms in total. The highest BCUT2D eigenvalue weighted by atomic mass is 16.5. The predicted molar refractivity (Wildman–Crippen MR) is 590 cm³/mol. The van der Waals surface area contributed by atoms with Crippen molar-refractivity contribution in [3.05, 3.63) is 438 Å². The average molecular weight is 1890 g/mol. The van der Waals surface area contributed by atoms with Crippen molar-refractivity contribution in [1.82, 2.24) is 57.5 Å². The van der Waals surface area contributed by atoms with Gasteiger partial charge in [-0.15, -0.1) is 0 Å². The molecule has 14 heterocycles. The summed E-state index contributed by atoms with van der Waals surface area (Å²) in [7, 11) is 0. The first-order chi connectivity index (χ1) is 72.6. The Bertz CT molecular complexity index is 10100. The summed E-state index contributed by atoms with van der Waals surface area (Å²) in [6.07, 6.45) is 30.2. The summed E-state index contributed by atoms with van der Waals surface area (Å²) in [4.78, 5) is 40.2. The maximum absolute atomic E-state index is 7.13. The van der Waals surface area contributed by atoms with Crippen molar-refractivity contribution in [3.8, 4) is 135 Å². The molecule has 30 rings (SSSR count). The minimum absolute atomic E-state index is 0.389. The minimum Gasteiger partial charge on any atom is -0.489 e. The Hall–Kier alpha value is -19.7. The zero-order valence-electron chi connectivity index (χ0n) is 78.9. The van der Waals surface area contributed by atoms with Gasteiger partial charge in [0, 0.05) is 186 Å². The van der Waals surface area contributed by atoms with Gasteiger partial charge in [0.25, 0.3) is 0 Å². The SMILES string of the molecule is C=CCOc1ccc2c3cc(-c4cccc(-c5ccc6c(c5)C5(c7cc(-c8cccc(-c9cc%10c%11ccc(OCC=C)cc%11n%11ccnc%11c%10cn9)c8)ccc7-c7ccc(-c8ccc9c(c8)oc8cc(-c%10cc%11c%12ccc(OCC=C)cc%12n%12ccnc%12c%11cn%10)ccc89)cc75)c5cc(-c7ccc8c(c7)oc7cc(-c9cc%10c%11ccc(OCC=C)cc%11n%11ccnc%11c%10cn9)ccc78)ccc5-6)c4)ncc3c3nccn3c2c1. The van der Waals surface area contributed by atoms with E-state index in [0.717, 1.165) is 310 Å². The second-order valence-electron chi connectivity index (χ2n) is 38.1. The van der Waals surface area contributed by atoms with Crippen molar-refractivity contribution in [2.75, 3.05) is 26.4 Å². The molecule has 0 bridgehead atoms. The van der Waals surface area contributed by atoms with E-state index in [2.05, 4.69) is 311 Å². The van der Waals surface area contributed by atoms with Crippen LogP contribution in [-0.2, 0) is 5.41 Å². The number of pyridine rings is 8. The van der Waals surface area contributed by atoms with Gasteiger partial charge >= 0.3 is 0 Å². The molecule has 0 fully saturated rings. The molecule has 692 valence electrons. The number of hydrogen-bond donors (Lipinski definition) is 0. The van der Waals surface area contributed by atoms with E-state index in [1.807, 2.05) is 98.6 Å². The van der Waals surface area contributed by atoms with Crippen LogP contribution in [0.1, 0.15) is 22.3 Å². The number of hydrogen-bond acceptors (Lipinski definition) is 14. The standard InChI is InChI=1S/C129H80N12O6/c1-5-47-142-85-23-35-93-101-65-113(134-69-105(101)125-130-39-43-138(125)117(93)61-85)81-13-9-11-73(51-81)75-15-27-89-91-29-17-77(79-19-31-97-99-33-21-83(59-123(99)146-121(97)57-79)115-67-103-95-37-25-87(144-49-7-3)63-119(95)140-45-41-132-127(140)107(103)71-136-115)55-111(91)129(109(89)53-75)110-54-76(74-12-10-14-82(52-74)114-66-102-94-36-24-86(143-48-6-2)62-118(94)139-44-40-131-126(139)106(102)70-135-114)16-28-90(110)92-30-18-78(56-112(92)129)80-20-32-98-100-34-22-84(60-124(100)147-122(98)58-80)116-68-104-96-38-26-88(145-50-8-4)64-120(96)141-46-42-133-128(141)108(104)72-137-116/h5-46,51-72H,1-4,47-50H2. The molecule has 0 saturated carbocycles. The van der Waals surface area contributed by atoms with E-state index in [1.54, 1.807) is 24.3 Å². The summed E-state index contributed by atoms with van der Waals surface area (Å²) < 4.78 is 47.0. The Morgan fingerprint density at radius 3 is 0.748 bits per heavy atom. The molecule has 18 heteroatoms. The molecule has 2 aliphatic carbocycles. The molecule has 1 spiro atoms. The van der Waals surface area contributed by atoms with Crippen LogP contribution in [0.5, 0.6) is 23.0 Å². The summed E-state index contributed by atoms with van der Waals surface area (Å²) in [6.45, 7) is 17.1. The van der Waals surface area contributed by atoms with Crippen molar-refractivity contribution in [2.24, 2.45) is 0 Å². The van der Waals surface area contributed by atoms with Crippen molar-refractivity contribution in [2.45, 2.75) is 5.41 Å². The average Bonchev–Trinajstić information content (AvgIpc) is 1.50. The molecule has 14 aromatic heterocycles. The molecule has 0 unspecified atom stereocenters. The molecule has 0 aliphatic heterocycles. The fraction of sp³-hybridized carbons (Fsp3) is 0.0388. The molecule has 0 radical (unpaired) electrons. The first-order valence-corrected chi connectivity index (χ1v) is 49.0. The second kappa shape index (κ2) is 32.2. The summed E-state index contributed by atoms with van der Waals surface area (Å²) in [5.41, 5.74) is 33.7. The van der Waals surface area contributed by atoms with Crippen LogP contribution in [0.15, 0.2) is 425 Å². The van der Waals surface area contributed by atoms with Crippen molar-refractivity contribution < 1.29 is 27.8 Å². The molecular weight excluding hydrogens is 1810 g/mol. The Morgan fingerprint density at radius 1 is 0.224 bits per heavy atom. The lowest BCUT2D eigenvalue weighted by Gasteiger charge is -2.32. The Kier molecular flexibility index (Phi) is 18.2. The number of benzene rings is 14. The molecule has 0 atom stereocenters. The quantitative estimate of drug-likeness (QED) is 0.0518. The number of furan rings is 2. The van der Waals surface area contributed by atoms with E-state index in [1.165, 1.54) is 0 Å². The highest BCUT2D eigenvalue weighted by Crippen LogP contribution is 2.65. The number of imidazole rings is 4. The molecule has 14 aromatic carbocycles. The molecule has 2 aliphatic rings. The summed E-state index contributed by atoms with van der Waals surface area (Å²) >= 11 is 0. The largest absolute Gasteiger partial charge is 0.489 e. The van der Waals surface area contributed by atoms with E-state index in [-0.39, 0.29) is 0 Å². The number of rotatable bonds is 20. The molecule has 0 N–H and O–H groups in total. The third-order valence-electron chi connectivity index (χ3n) is 30.2. The maximum atomic E-state index is 7.13. The van der Waals surface area contributed by atoms with Gasteiger partial charge in [0.15, 0.2) is 0 Å². The second-order valence-corrected chi connectivity index (χ2v) is 38.1. The van der Waals surface area contributed by atoms with Crippen LogP contribution in [0.3, 0.4) is 0 Å². The minimum atomic E-state index is -0.972. The van der Waals surface area contributed by atoms with Crippen LogP contribution in [-0.4, -0.2) is 83.9 Å². The van der Waals surface area contributed by atoms with Crippen molar-refractivity contribution in [1.29, 1.82) is 0 Å². The van der Waals surface area contributed by atoms with Crippen LogP contribution in [0.4, 0.5) is 0 Å². The Balaban J connectivity index is 0.591. The van der Waals surface area contributed by atoms with Gasteiger partial charge in [-0.05, 0) is 268 Å². The lowest BCUT2D eigenvalue weighted by Crippen LogP contribution is -2.26. The fourth-order valence-electron chi connectivity index (χ4n) is 23.5.